The zero-order chi connectivity index (χ0) is 8.77. The molecule has 0 spiro atoms. The Morgan fingerprint density at radius 3 is 2.92 bits per heavy atom. The molecule has 1 heterocycles. The van der Waals surface area contributed by atoms with Crippen molar-refractivity contribution in [3.05, 3.63) is 0 Å². The number of fused-ring (bicyclic) bond motifs is 2. The number of hydrogen-bond donors (Lipinski definition) is 2. The van der Waals surface area contributed by atoms with E-state index in [0.717, 1.165) is 19.3 Å². The van der Waals surface area contributed by atoms with Gasteiger partial charge in [-0.3, -0.25) is 0 Å². The van der Waals surface area contributed by atoms with E-state index < -0.39 is 11.7 Å². The van der Waals surface area contributed by atoms with Gasteiger partial charge in [-0.2, -0.15) is 0 Å². The summed E-state index contributed by atoms with van der Waals surface area (Å²) in [5.74, 6) is 0.242. The van der Waals surface area contributed by atoms with Crippen molar-refractivity contribution >= 4 is 0 Å². The SMILES string of the molecule is CC1OC2(CO)CCCC1[C@@H]2O. The average molecular weight is 172 g/mol. The van der Waals surface area contributed by atoms with Crippen LogP contribution in [0.1, 0.15) is 26.2 Å². The predicted octanol–water partition coefficient (Wildman–Crippen LogP) is 0.297. The smallest absolute Gasteiger partial charge is 0.118 e. The molecule has 0 aromatic carbocycles. The fourth-order valence-corrected chi connectivity index (χ4v) is 2.62. The van der Waals surface area contributed by atoms with Gasteiger partial charge >= 0.3 is 0 Å². The standard InChI is InChI=1S/C9H16O3/c1-6-7-3-2-4-9(5-10,12-6)8(7)11/h6-8,10-11H,2-5H2,1H3/t6?,7?,8-,9?/m0/s1. The molecule has 3 heteroatoms. The number of hydrogen-bond acceptors (Lipinski definition) is 3. The van der Waals surface area contributed by atoms with Crippen LogP contribution in [0.15, 0.2) is 0 Å². The molecule has 1 saturated heterocycles. The minimum Gasteiger partial charge on any atom is -0.393 e. The molecule has 70 valence electrons. The lowest BCUT2D eigenvalue weighted by atomic mass is 9.77. The van der Waals surface area contributed by atoms with Crippen LogP contribution >= 0.6 is 0 Å². The summed E-state index contributed by atoms with van der Waals surface area (Å²) in [6.45, 7) is 1.94. The molecule has 1 aliphatic heterocycles. The first kappa shape index (κ1) is 8.48. The van der Waals surface area contributed by atoms with E-state index in [2.05, 4.69) is 0 Å². The molecule has 0 radical (unpaired) electrons. The molecule has 2 bridgehead atoms. The molecule has 2 N–H and O–H groups in total. The largest absolute Gasteiger partial charge is 0.393 e. The van der Waals surface area contributed by atoms with E-state index in [1.165, 1.54) is 0 Å². The van der Waals surface area contributed by atoms with Gasteiger partial charge in [-0.25, -0.2) is 0 Å². The molecule has 2 aliphatic rings. The summed E-state index contributed by atoms with van der Waals surface area (Å²) >= 11 is 0. The number of rotatable bonds is 1. The molecule has 1 saturated carbocycles. The highest BCUT2D eigenvalue weighted by Crippen LogP contribution is 2.45. The summed E-state index contributed by atoms with van der Waals surface area (Å²) in [7, 11) is 0. The highest BCUT2D eigenvalue weighted by atomic mass is 16.5. The van der Waals surface area contributed by atoms with Gasteiger partial charge in [0.25, 0.3) is 0 Å². The second kappa shape index (κ2) is 2.69. The average Bonchev–Trinajstić information content (AvgIpc) is 2.23. The third-order valence-electron chi connectivity index (χ3n) is 3.37. The Balaban J connectivity index is 2.24. The van der Waals surface area contributed by atoms with Crippen LogP contribution in [-0.2, 0) is 4.74 Å². The van der Waals surface area contributed by atoms with Crippen LogP contribution in [0.2, 0.25) is 0 Å². The molecular formula is C9H16O3. The number of ether oxygens (including phenoxy) is 1. The molecule has 3 nitrogen and oxygen atoms in total. The van der Waals surface area contributed by atoms with Gasteiger partial charge in [-0.15, -0.1) is 0 Å². The summed E-state index contributed by atoms with van der Waals surface area (Å²) < 4.78 is 5.63. The van der Waals surface area contributed by atoms with Crippen molar-refractivity contribution in [3.63, 3.8) is 0 Å². The van der Waals surface area contributed by atoms with Crippen LogP contribution in [0.5, 0.6) is 0 Å². The minimum absolute atomic E-state index is 0.0466. The van der Waals surface area contributed by atoms with Crippen molar-refractivity contribution in [1.29, 1.82) is 0 Å². The van der Waals surface area contributed by atoms with E-state index in [0.29, 0.717) is 0 Å². The van der Waals surface area contributed by atoms with Gasteiger partial charge in [0.1, 0.15) is 5.60 Å². The first-order chi connectivity index (χ1) is 5.69. The van der Waals surface area contributed by atoms with Crippen LogP contribution in [0.3, 0.4) is 0 Å². The molecular weight excluding hydrogens is 156 g/mol. The monoisotopic (exact) mass is 172 g/mol. The fourth-order valence-electron chi connectivity index (χ4n) is 2.62. The van der Waals surface area contributed by atoms with Crippen molar-refractivity contribution in [2.45, 2.75) is 44.0 Å². The van der Waals surface area contributed by atoms with Crippen molar-refractivity contribution in [3.8, 4) is 0 Å². The van der Waals surface area contributed by atoms with E-state index in [9.17, 15) is 10.2 Å². The van der Waals surface area contributed by atoms with Crippen molar-refractivity contribution < 1.29 is 14.9 Å². The molecule has 0 amide bonds. The lowest BCUT2D eigenvalue weighted by Gasteiger charge is -2.34. The molecule has 1 aliphatic carbocycles. The van der Waals surface area contributed by atoms with Crippen molar-refractivity contribution in [1.82, 2.24) is 0 Å². The normalized spacial score (nSPS) is 52.8. The molecule has 0 aromatic heterocycles. The van der Waals surface area contributed by atoms with Gasteiger partial charge in [0.15, 0.2) is 0 Å². The second-order valence-corrected chi connectivity index (χ2v) is 4.05. The molecule has 3 unspecified atom stereocenters. The second-order valence-electron chi connectivity index (χ2n) is 4.05. The summed E-state index contributed by atoms with van der Waals surface area (Å²) in [4.78, 5) is 0. The lowest BCUT2D eigenvalue weighted by molar-refractivity contribution is -0.116. The zero-order valence-electron chi connectivity index (χ0n) is 7.36. The van der Waals surface area contributed by atoms with Gasteiger partial charge in [0.05, 0.1) is 18.8 Å². The predicted molar refractivity (Wildman–Crippen MR) is 43.7 cm³/mol. The Labute approximate surface area is 72.3 Å². The van der Waals surface area contributed by atoms with Gasteiger partial charge < -0.3 is 14.9 Å². The Morgan fingerprint density at radius 2 is 2.33 bits per heavy atom. The van der Waals surface area contributed by atoms with Gasteiger partial charge in [-0.05, 0) is 26.2 Å². The van der Waals surface area contributed by atoms with Crippen LogP contribution in [0.4, 0.5) is 0 Å². The van der Waals surface area contributed by atoms with Gasteiger partial charge in [0, 0.05) is 5.92 Å². The quantitative estimate of drug-likeness (QED) is 0.598. The lowest BCUT2D eigenvalue weighted by Crippen LogP contribution is -2.47. The summed E-state index contributed by atoms with van der Waals surface area (Å²) in [6, 6.07) is 0. The van der Waals surface area contributed by atoms with Crippen LogP contribution in [0, 0.1) is 5.92 Å². The Bertz CT molecular complexity index is 183. The summed E-state index contributed by atoms with van der Waals surface area (Å²) in [5, 5.41) is 19.0. The maximum atomic E-state index is 9.84. The van der Waals surface area contributed by atoms with E-state index in [4.69, 9.17) is 4.74 Å². The topological polar surface area (TPSA) is 49.7 Å². The fraction of sp³-hybridized carbons (Fsp3) is 1.00. The maximum absolute atomic E-state index is 9.84. The van der Waals surface area contributed by atoms with E-state index in [-0.39, 0.29) is 18.6 Å². The number of aliphatic hydroxyl groups is 2. The van der Waals surface area contributed by atoms with E-state index in [1.807, 2.05) is 6.92 Å². The Hall–Kier alpha value is -0.120. The third-order valence-corrected chi connectivity index (χ3v) is 3.37. The first-order valence-corrected chi connectivity index (χ1v) is 4.66. The molecule has 0 aromatic rings. The van der Waals surface area contributed by atoms with Crippen LogP contribution in [-0.4, -0.2) is 34.6 Å². The van der Waals surface area contributed by atoms with Crippen molar-refractivity contribution in [2.75, 3.05) is 6.61 Å². The number of aliphatic hydroxyl groups excluding tert-OH is 2. The minimum atomic E-state index is -0.623. The molecule has 2 rings (SSSR count). The van der Waals surface area contributed by atoms with Gasteiger partial charge in [0.2, 0.25) is 0 Å². The maximum Gasteiger partial charge on any atom is 0.118 e. The van der Waals surface area contributed by atoms with Crippen LogP contribution < -0.4 is 0 Å². The highest BCUT2D eigenvalue weighted by Gasteiger charge is 2.54. The third kappa shape index (κ3) is 0.934. The highest BCUT2D eigenvalue weighted by molar-refractivity contribution is 5.03. The molecule has 4 atom stereocenters. The van der Waals surface area contributed by atoms with E-state index >= 15 is 0 Å². The summed E-state index contributed by atoms with van der Waals surface area (Å²) in [5.41, 5.74) is -0.623. The van der Waals surface area contributed by atoms with Crippen LogP contribution in [0.25, 0.3) is 0 Å². The van der Waals surface area contributed by atoms with E-state index in [1.54, 1.807) is 0 Å². The zero-order valence-corrected chi connectivity index (χ0v) is 7.36. The Morgan fingerprint density at radius 1 is 1.58 bits per heavy atom. The summed E-state index contributed by atoms with van der Waals surface area (Å²) in [6.07, 6.45) is 2.54. The molecule has 12 heavy (non-hydrogen) atoms. The van der Waals surface area contributed by atoms with Crippen molar-refractivity contribution in [2.24, 2.45) is 5.92 Å². The Kier molecular flexibility index (Phi) is 1.90. The van der Waals surface area contributed by atoms with Gasteiger partial charge in [-0.1, -0.05) is 0 Å². The first-order valence-electron chi connectivity index (χ1n) is 4.66. The molecule has 2 fully saturated rings.